The topological polar surface area (TPSA) is 21.3 Å². The Morgan fingerprint density at radius 3 is 2.68 bits per heavy atom. The van der Waals surface area contributed by atoms with E-state index in [0.717, 1.165) is 13.2 Å². The van der Waals surface area contributed by atoms with Gasteiger partial charge in [-0.15, -0.1) is 0 Å². The van der Waals surface area contributed by atoms with E-state index in [9.17, 15) is 0 Å². The molecule has 0 aliphatic carbocycles. The van der Waals surface area contributed by atoms with Crippen molar-refractivity contribution in [3.63, 3.8) is 0 Å². The molecule has 0 bridgehead atoms. The van der Waals surface area contributed by atoms with Crippen LogP contribution in [-0.4, -0.2) is 26.3 Å². The molecule has 2 atom stereocenters. The molecule has 19 heavy (non-hydrogen) atoms. The van der Waals surface area contributed by atoms with Gasteiger partial charge < -0.3 is 10.1 Å². The Morgan fingerprint density at radius 1 is 1.32 bits per heavy atom. The molecule has 0 aromatic heterocycles. The summed E-state index contributed by atoms with van der Waals surface area (Å²) in [6, 6.07) is 11.0. The maximum atomic E-state index is 5.79. The van der Waals surface area contributed by atoms with Crippen molar-refractivity contribution < 1.29 is 4.74 Å². The highest BCUT2D eigenvalue weighted by Crippen LogP contribution is 2.34. The van der Waals surface area contributed by atoms with Crippen molar-refractivity contribution in [2.24, 2.45) is 0 Å². The van der Waals surface area contributed by atoms with E-state index in [4.69, 9.17) is 4.74 Å². The van der Waals surface area contributed by atoms with Crippen molar-refractivity contribution in [2.45, 2.75) is 50.5 Å². The van der Waals surface area contributed by atoms with Crippen molar-refractivity contribution in [1.29, 1.82) is 0 Å². The third-order valence-corrected chi connectivity index (χ3v) is 4.55. The van der Waals surface area contributed by atoms with Crippen molar-refractivity contribution >= 4 is 0 Å². The van der Waals surface area contributed by atoms with Crippen LogP contribution in [0.1, 0.15) is 44.6 Å². The molecule has 0 amide bonds. The van der Waals surface area contributed by atoms with Crippen LogP contribution in [0.2, 0.25) is 0 Å². The predicted molar refractivity (Wildman–Crippen MR) is 80.5 cm³/mol. The number of hydrogen-bond acceptors (Lipinski definition) is 2. The van der Waals surface area contributed by atoms with Gasteiger partial charge in [-0.1, -0.05) is 37.3 Å². The first kappa shape index (κ1) is 14.5. The van der Waals surface area contributed by atoms with Gasteiger partial charge >= 0.3 is 0 Å². The standard InChI is InChI=1S/C17H27NO/c1-3-17(14-18-2,15-8-5-4-6-9-15)12-11-16-10-7-13-19-16/h4-6,8-9,16,18H,3,7,10-14H2,1-2H3. The Kier molecular flexibility index (Phi) is 5.41. The fourth-order valence-electron chi connectivity index (χ4n) is 3.28. The average molecular weight is 261 g/mol. The first-order valence-corrected chi connectivity index (χ1v) is 7.62. The van der Waals surface area contributed by atoms with Crippen molar-refractivity contribution in [2.75, 3.05) is 20.2 Å². The minimum atomic E-state index is 0.252. The van der Waals surface area contributed by atoms with Gasteiger partial charge in [-0.05, 0) is 44.7 Å². The molecule has 1 saturated heterocycles. The first-order chi connectivity index (χ1) is 9.30. The highest BCUT2D eigenvalue weighted by atomic mass is 16.5. The second-order valence-corrected chi connectivity index (χ2v) is 5.70. The minimum absolute atomic E-state index is 0.252. The molecule has 106 valence electrons. The maximum absolute atomic E-state index is 5.79. The zero-order chi connectivity index (χ0) is 13.6. The summed E-state index contributed by atoms with van der Waals surface area (Å²) >= 11 is 0. The van der Waals surface area contributed by atoms with E-state index in [0.29, 0.717) is 6.10 Å². The van der Waals surface area contributed by atoms with Crippen LogP contribution in [0.5, 0.6) is 0 Å². The van der Waals surface area contributed by atoms with E-state index in [-0.39, 0.29) is 5.41 Å². The van der Waals surface area contributed by atoms with Gasteiger partial charge in [-0.2, -0.15) is 0 Å². The largest absolute Gasteiger partial charge is 0.378 e. The van der Waals surface area contributed by atoms with Crippen LogP contribution in [-0.2, 0) is 10.2 Å². The molecule has 1 aliphatic rings. The Morgan fingerprint density at radius 2 is 2.11 bits per heavy atom. The number of hydrogen-bond donors (Lipinski definition) is 1. The summed E-state index contributed by atoms with van der Waals surface area (Å²) in [5, 5.41) is 3.39. The summed E-state index contributed by atoms with van der Waals surface area (Å²) in [4.78, 5) is 0. The Hall–Kier alpha value is -0.860. The second kappa shape index (κ2) is 7.06. The molecular formula is C17H27NO. The van der Waals surface area contributed by atoms with Crippen molar-refractivity contribution in [3.8, 4) is 0 Å². The predicted octanol–water partition coefficient (Wildman–Crippen LogP) is 3.51. The molecule has 2 unspecified atom stereocenters. The van der Waals surface area contributed by atoms with Crippen LogP contribution in [0.25, 0.3) is 0 Å². The van der Waals surface area contributed by atoms with Crippen molar-refractivity contribution in [1.82, 2.24) is 5.32 Å². The van der Waals surface area contributed by atoms with Crippen LogP contribution in [0, 0.1) is 0 Å². The summed E-state index contributed by atoms with van der Waals surface area (Å²) in [5.41, 5.74) is 1.71. The van der Waals surface area contributed by atoms with Crippen LogP contribution in [0.4, 0.5) is 0 Å². The molecule has 2 nitrogen and oxygen atoms in total. The van der Waals surface area contributed by atoms with Crippen LogP contribution in [0.15, 0.2) is 30.3 Å². The highest BCUT2D eigenvalue weighted by Gasteiger charge is 2.31. The number of nitrogens with one attached hydrogen (secondary N) is 1. The van der Waals surface area contributed by atoms with Gasteiger partial charge in [0, 0.05) is 18.6 Å². The van der Waals surface area contributed by atoms with Gasteiger partial charge in [-0.25, -0.2) is 0 Å². The quantitative estimate of drug-likeness (QED) is 0.811. The van der Waals surface area contributed by atoms with E-state index in [2.05, 4.69) is 49.6 Å². The number of likely N-dealkylation sites (N-methyl/N-ethyl adjacent to an activating group) is 1. The molecule has 1 aromatic carbocycles. The zero-order valence-corrected chi connectivity index (χ0v) is 12.3. The summed E-state index contributed by atoms with van der Waals surface area (Å²) in [6.45, 7) is 4.31. The minimum Gasteiger partial charge on any atom is -0.378 e. The highest BCUT2D eigenvalue weighted by molar-refractivity contribution is 5.26. The van der Waals surface area contributed by atoms with Crippen LogP contribution >= 0.6 is 0 Å². The summed E-state index contributed by atoms with van der Waals surface area (Å²) in [6.07, 6.45) is 6.54. The Bertz CT molecular complexity index is 359. The monoisotopic (exact) mass is 261 g/mol. The molecular weight excluding hydrogens is 234 g/mol. The van der Waals surface area contributed by atoms with Gasteiger partial charge in [0.15, 0.2) is 0 Å². The molecule has 0 radical (unpaired) electrons. The summed E-state index contributed by atoms with van der Waals surface area (Å²) in [5.74, 6) is 0. The molecule has 0 spiro atoms. The van der Waals surface area contributed by atoms with Gasteiger partial charge in [0.1, 0.15) is 0 Å². The molecule has 1 N–H and O–H groups in total. The summed E-state index contributed by atoms with van der Waals surface area (Å²) in [7, 11) is 2.05. The third kappa shape index (κ3) is 3.58. The lowest BCUT2D eigenvalue weighted by atomic mass is 9.74. The zero-order valence-electron chi connectivity index (χ0n) is 12.3. The SMILES string of the molecule is CCC(CCC1CCCO1)(CNC)c1ccccc1. The smallest absolute Gasteiger partial charge is 0.0576 e. The van der Waals surface area contributed by atoms with Gasteiger partial charge in [-0.3, -0.25) is 0 Å². The molecule has 1 heterocycles. The Balaban J connectivity index is 2.09. The van der Waals surface area contributed by atoms with E-state index >= 15 is 0 Å². The molecule has 2 heteroatoms. The third-order valence-electron chi connectivity index (χ3n) is 4.55. The number of benzene rings is 1. The lowest BCUT2D eigenvalue weighted by Gasteiger charge is -2.34. The lowest BCUT2D eigenvalue weighted by molar-refractivity contribution is 0.0949. The van der Waals surface area contributed by atoms with Gasteiger partial charge in [0.2, 0.25) is 0 Å². The fourth-order valence-corrected chi connectivity index (χ4v) is 3.28. The van der Waals surface area contributed by atoms with E-state index in [1.54, 1.807) is 0 Å². The van der Waals surface area contributed by atoms with E-state index in [1.807, 2.05) is 0 Å². The fraction of sp³-hybridized carbons (Fsp3) is 0.647. The van der Waals surface area contributed by atoms with Crippen molar-refractivity contribution in [3.05, 3.63) is 35.9 Å². The van der Waals surface area contributed by atoms with Gasteiger partial charge in [0.25, 0.3) is 0 Å². The number of ether oxygens (including phenoxy) is 1. The molecule has 2 rings (SSSR count). The molecule has 1 aromatic rings. The normalized spacial score (nSPS) is 22.3. The molecule has 0 saturated carbocycles. The average Bonchev–Trinajstić information content (AvgIpc) is 2.98. The maximum Gasteiger partial charge on any atom is 0.0576 e. The summed E-state index contributed by atoms with van der Waals surface area (Å²) < 4.78 is 5.79. The van der Waals surface area contributed by atoms with Gasteiger partial charge in [0.05, 0.1) is 6.10 Å². The second-order valence-electron chi connectivity index (χ2n) is 5.70. The van der Waals surface area contributed by atoms with Crippen LogP contribution < -0.4 is 5.32 Å². The van der Waals surface area contributed by atoms with Crippen LogP contribution in [0.3, 0.4) is 0 Å². The lowest BCUT2D eigenvalue weighted by Crippen LogP contribution is -2.37. The van der Waals surface area contributed by atoms with E-state index < -0.39 is 0 Å². The Labute approximate surface area is 117 Å². The first-order valence-electron chi connectivity index (χ1n) is 7.62. The molecule has 1 fully saturated rings. The molecule has 1 aliphatic heterocycles. The number of rotatable bonds is 7. The van der Waals surface area contributed by atoms with E-state index in [1.165, 1.54) is 37.7 Å².